The van der Waals surface area contributed by atoms with E-state index in [1.807, 2.05) is 5.87 Å². The molecule has 0 bridgehead atoms. The van der Waals surface area contributed by atoms with Gasteiger partial charge in [0, 0.05) is 77.3 Å². The third-order valence-electron chi connectivity index (χ3n) is 3.32. The van der Waals surface area contributed by atoms with E-state index < -0.39 is 5.91 Å². The number of carbonyl (C=O) groups excluding carboxylic acids is 1. The fraction of sp³-hybridized carbons (Fsp3) is 0.0952. The zero-order chi connectivity index (χ0) is 34.0. The molecule has 47 heavy (non-hydrogen) atoms. The number of carbonyl (C=O) groups is 1. The SMILES string of the molecule is C#CC#CC#CC#CC#CC#CC#CC#CC#CC(=O)NCCNCCOC=C=C=C=C=C=C=C=C=C=C=C=C=C=C=C=C=C=C=N. The average Bonchev–Trinajstić information content (AvgIpc) is 3.08. The summed E-state index contributed by atoms with van der Waals surface area (Å²) in [6.07, 6.45) is 6.26. The van der Waals surface area contributed by atoms with Crippen molar-refractivity contribution in [2.75, 3.05) is 26.2 Å². The molecule has 0 spiro atoms. The highest BCUT2D eigenvalue weighted by atomic mass is 16.5. The number of terminal acetylenes is 1. The molecule has 0 saturated carbocycles. The molecule has 208 valence electrons. The third kappa shape index (κ3) is 35.0. The van der Waals surface area contributed by atoms with E-state index >= 15 is 0 Å². The zero-order valence-electron chi connectivity index (χ0n) is 24.3. The summed E-state index contributed by atoms with van der Waals surface area (Å²) in [5.74, 6) is 42.5. The molecule has 0 radical (unpaired) electrons. The molecule has 0 heterocycles. The van der Waals surface area contributed by atoms with Gasteiger partial charge in [0.05, 0.1) is 0 Å². The monoisotopic (exact) mass is 591 g/mol. The summed E-state index contributed by atoms with van der Waals surface area (Å²) in [5.41, 5.74) is 42.0. The van der Waals surface area contributed by atoms with Crippen molar-refractivity contribution in [3.8, 4) is 107 Å². The van der Waals surface area contributed by atoms with Crippen molar-refractivity contribution in [3.63, 3.8) is 0 Å². The van der Waals surface area contributed by atoms with Gasteiger partial charge in [0.1, 0.15) is 12.9 Å². The van der Waals surface area contributed by atoms with Crippen LogP contribution in [0.25, 0.3) is 0 Å². The quantitative estimate of drug-likeness (QED) is 0.139. The largest absolute Gasteiger partial charge is 0.491 e. The molecule has 0 aromatic carbocycles. The van der Waals surface area contributed by atoms with Crippen molar-refractivity contribution in [3.05, 3.63) is 104 Å². The second-order valence-corrected chi connectivity index (χ2v) is 6.41. The summed E-state index contributed by atoms with van der Waals surface area (Å²) in [6, 6.07) is 0. The molecule has 0 unspecified atom stereocenters. The van der Waals surface area contributed by atoms with Gasteiger partial charge in [-0.1, -0.05) is 0 Å². The van der Waals surface area contributed by atoms with Crippen molar-refractivity contribution in [2.45, 2.75) is 0 Å². The van der Waals surface area contributed by atoms with E-state index in [0.29, 0.717) is 26.2 Å². The summed E-state index contributed by atoms with van der Waals surface area (Å²) >= 11 is 0. The lowest BCUT2D eigenvalue weighted by atomic mass is 10.4. The molecule has 0 saturated heterocycles. The lowest BCUT2D eigenvalue weighted by Crippen LogP contribution is -2.32. The molecule has 0 atom stereocenters. The molecule has 0 fully saturated rings. The fourth-order valence-electron chi connectivity index (χ4n) is 1.73. The predicted octanol–water partition coefficient (Wildman–Crippen LogP) is 1.77. The van der Waals surface area contributed by atoms with Crippen LogP contribution in [0.4, 0.5) is 0 Å². The van der Waals surface area contributed by atoms with Gasteiger partial charge in [0.2, 0.25) is 0 Å². The van der Waals surface area contributed by atoms with E-state index in [4.69, 9.17) is 16.6 Å². The second-order valence-electron chi connectivity index (χ2n) is 6.41. The van der Waals surface area contributed by atoms with Gasteiger partial charge < -0.3 is 15.4 Å². The van der Waals surface area contributed by atoms with Gasteiger partial charge in [0.25, 0.3) is 5.91 Å². The number of hydrogen-bond acceptors (Lipinski definition) is 4. The summed E-state index contributed by atoms with van der Waals surface area (Å²) in [4.78, 5) is 11.6. The van der Waals surface area contributed by atoms with Gasteiger partial charge >= 0.3 is 0 Å². The van der Waals surface area contributed by atoms with Crippen molar-refractivity contribution >= 4 is 11.8 Å². The minimum absolute atomic E-state index is 0.371. The lowest BCUT2D eigenvalue weighted by molar-refractivity contribution is -0.115. The standard InChI is InChI=1S/C42H13N3O2/c1-2-3-4-5-6-7-8-9-10-14-17-20-23-26-29-32-35-42(46)45-38-37-44-39-41-47-40-34-31-28-25-22-19-16-13-11-12-15-18-21-24-27-30-33-36-43/h1,40,43-44H,37-39,41H2,(H,45,46). The Morgan fingerprint density at radius 2 is 0.936 bits per heavy atom. The first-order valence-electron chi connectivity index (χ1n) is 12.4. The van der Waals surface area contributed by atoms with Crippen LogP contribution in [-0.4, -0.2) is 38.0 Å². The van der Waals surface area contributed by atoms with Gasteiger partial charge in [-0.05, 0) is 146 Å². The molecule has 0 aliphatic rings. The molecule has 5 heteroatoms. The number of hydrogen-bond donors (Lipinski definition) is 3. The van der Waals surface area contributed by atoms with Crippen molar-refractivity contribution in [1.82, 2.24) is 10.6 Å². The summed E-state index contributed by atoms with van der Waals surface area (Å²) in [7, 11) is 0. The topological polar surface area (TPSA) is 74.2 Å². The fourth-order valence-corrected chi connectivity index (χ4v) is 1.73. The molecular formula is C42H13N3O2. The summed E-state index contributed by atoms with van der Waals surface area (Å²) in [5, 5.41) is 12.3. The second kappa shape index (κ2) is 35.0. The van der Waals surface area contributed by atoms with Gasteiger partial charge in [0.15, 0.2) is 0 Å². The maximum absolute atomic E-state index is 11.6. The van der Waals surface area contributed by atoms with Crippen LogP contribution in [-0.2, 0) is 9.53 Å². The lowest BCUT2D eigenvalue weighted by Gasteiger charge is -2.03. The highest BCUT2D eigenvalue weighted by molar-refractivity contribution is 5.94. The molecular weight excluding hydrogens is 578 g/mol. The first kappa shape index (κ1) is 38.0. The Balaban J connectivity index is 4.45. The maximum Gasteiger partial charge on any atom is 0.296 e. The van der Waals surface area contributed by atoms with Crippen LogP contribution in [0, 0.1) is 112 Å². The zero-order valence-corrected chi connectivity index (χ0v) is 24.3. The van der Waals surface area contributed by atoms with E-state index in [-0.39, 0.29) is 0 Å². The number of amides is 1. The Hall–Kier alpha value is -9.02. The molecule has 0 rings (SSSR count). The van der Waals surface area contributed by atoms with E-state index in [1.54, 1.807) is 0 Å². The first-order chi connectivity index (χ1) is 23.3. The van der Waals surface area contributed by atoms with Crippen LogP contribution < -0.4 is 10.6 Å². The molecule has 5 nitrogen and oxygen atoms in total. The Bertz CT molecular complexity index is 2520. The van der Waals surface area contributed by atoms with E-state index in [2.05, 4.69) is 209 Å². The first-order valence-corrected chi connectivity index (χ1v) is 12.4. The minimum atomic E-state index is -0.465. The van der Waals surface area contributed by atoms with Gasteiger partial charge in [-0.15, -0.1) is 6.42 Å². The van der Waals surface area contributed by atoms with Crippen LogP contribution >= 0.6 is 0 Å². The van der Waals surface area contributed by atoms with Gasteiger partial charge in [-0.3, -0.25) is 10.2 Å². The summed E-state index contributed by atoms with van der Waals surface area (Å²) in [6.45, 7) is 1.80. The molecule has 1 amide bonds. The maximum atomic E-state index is 11.6. The average molecular weight is 592 g/mol. The Kier molecular flexibility index (Phi) is 28.3. The summed E-state index contributed by atoms with van der Waals surface area (Å²) < 4.78 is 5.22. The molecule has 0 aromatic rings. The van der Waals surface area contributed by atoms with Crippen LogP contribution in [0.3, 0.4) is 0 Å². The number of nitrogens with one attached hydrogen (secondary N) is 3. The van der Waals surface area contributed by atoms with Crippen LogP contribution in [0.5, 0.6) is 0 Å². The molecule has 0 aliphatic heterocycles. The van der Waals surface area contributed by atoms with Crippen molar-refractivity contribution in [1.29, 1.82) is 5.41 Å². The minimum Gasteiger partial charge on any atom is -0.491 e. The third-order valence-corrected chi connectivity index (χ3v) is 3.32. The Morgan fingerprint density at radius 3 is 1.38 bits per heavy atom. The Morgan fingerprint density at radius 1 is 0.532 bits per heavy atom. The molecule has 0 aromatic heterocycles. The van der Waals surface area contributed by atoms with E-state index in [1.165, 1.54) is 6.26 Å². The van der Waals surface area contributed by atoms with E-state index in [0.717, 1.165) is 0 Å². The van der Waals surface area contributed by atoms with E-state index in [9.17, 15) is 4.79 Å². The van der Waals surface area contributed by atoms with Gasteiger partial charge in [-0.25, -0.2) is 0 Å². The normalized spacial score (nSPS) is 5.26. The van der Waals surface area contributed by atoms with Crippen molar-refractivity contribution < 1.29 is 9.53 Å². The van der Waals surface area contributed by atoms with Gasteiger partial charge in [-0.2, -0.15) is 0 Å². The smallest absolute Gasteiger partial charge is 0.296 e. The van der Waals surface area contributed by atoms with Crippen LogP contribution in [0.1, 0.15) is 0 Å². The van der Waals surface area contributed by atoms with Crippen molar-refractivity contribution in [2.24, 2.45) is 0 Å². The molecule has 0 aliphatic carbocycles. The number of rotatable bonds is 7. The predicted molar refractivity (Wildman–Crippen MR) is 175 cm³/mol. The highest BCUT2D eigenvalue weighted by Crippen LogP contribution is 1.73. The molecule has 3 N–H and O–H groups in total. The van der Waals surface area contributed by atoms with Crippen LogP contribution in [0.15, 0.2) is 104 Å². The number of ether oxygens (including phenoxy) is 1. The van der Waals surface area contributed by atoms with Crippen LogP contribution in [0.2, 0.25) is 0 Å². The Labute approximate surface area is 273 Å². The highest BCUT2D eigenvalue weighted by Gasteiger charge is 1.93.